The first-order valence-electron chi connectivity index (χ1n) is 3.80. The lowest BCUT2D eigenvalue weighted by molar-refractivity contribution is -0.540. The van der Waals surface area contributed by atoms with Crippen molar-refractivity contribution in [2.75, 3.05) is 0 Å². The summed E-state index contributed by atoms with van der Waals surface area (Å²) in [4.78, 5) is 25.8. The molecule has 2 heterocycles. The van der Waals surface area contributed by atoms with Gasteiger partial charge in [0.2, 0.25) is 0 Å². The Morgan fingerprint density at radius 3 is 2.93 bits per heavy atom. The molecule has 0 atom stereocenters. The molecule has 0 saturated heterocycles. The topological polar surface area (TPSA) is 83.0 Å². The summed E-state index contributed by atoms with van der Waals surface area (Å²) in [5.41, 5.74) is -0.206. The van der Waals surface area contributed by atoms with Gasteiger partial charge in [0.15, 0.2) is 16.2 Å². The van der Waals surface area contributed by atoms with Crippen molar-refractivity contribution in [2.45, 2.75) is 0 Å². The number of imidazole rings is 1. The molecule has 0 unspecified atom stereocenters. The van der Waals surface area contributed by atoms with Crippen molar-refractivity contribution in [1.29, 1.82) is 0 Å². The van der Waals surface area contributed by atoms with Crippen LogP contribution in [0.1, 0.15) is 0 Å². The SMILES string of the molecule is Cn1c(=O)n([N+](=O)[O-])c2cccnc21. The van der Waals surface area contributed by atoms with Crippen molar-refractivity contribution < 1.29 is 5.03 Å². The van der Waals surface area contributed by atoms with E-state index >= 15 is 0 Å². The van der Waals surface area contributed by atoms with Crippen LogP contribution < -0.4 is 5.69 Å². The van der Waals surface area contributed by atoms with E-state index in [9.17, 15) is 14.9 Å². The molecule has 0 radical (unpaired) electrons. The highest BCUT2D eigenvalue weighted by molar-refractivity contribution is 5.70. The van der Waals surface area contributed by atoms with Crippen molar-refractivity contribution in [3.05, 3.63) is 38.9 Å². The van der Waals surface area contributed by atoms with E-state index in [1.807, 2.05) is 0 Å². The second-order valence-electron chi connectivity index (χ2n) is 2.74. The van der Waals surface area contributed by atoms with Gasteiger partial charge >= 0.3 is 5.69 Å². The summed E-state index contributed by atoms with van der Waals surface area (Å²) < 4.78 is 1.61. The number of nitro groups is 1. The Morgan fingerprint density at radius 1 is 1.57 bits per heavy atom. The van der Waals surface area contributed by atoms with E-state index in [1.165, 1.54) is 19.3 Å². The lowest BCUT2D eigenvalue weighted by Crippen LogP contribution is -2.27. The molecule has 0 fully saturated rings. The van der Waals surface area contributed by atoms with Gasteiger partial charge in [0.05, 0.1) is 0 Å². The predicted molar refractivity (Wildman–Crippen MR) is 47.4 cm³/mol. The van der Waals surface area contributed by atoms with Gasteiger partial charge in [-0.1, -0.05) is 0 Å². The molecule has 7 nitrogen and oxygen atoms in total. The predicted octanol–water partition coefficient (Wildman–Crippen LogP) is -0.225. The number of pyridine rings is 1. The van der Waals surface area contributed by atoms with Crippen LogP contribution in [-0.2, 0) is 7.05 Å². The molecule has 0 saturated carbocycles. The van der Waals surface area contributed by atoms with Crippen LogP contribution in [-0.4, -0.2) is 19.3 Å². The standard InChI is InChI=1S/C7H6N4O3/c1-9-6-5(3-2-4-8-6)10(7(9)12)11(13)14/h2-4H,1H3. The van der Waals surface area contributed by atoms with Gasteiger partial charge < -0.3 is 0 Å². The first-order chi connectivity index (χ1) is 6.63. The number of hydrogen-bond donors (Lipinski definition) is 0. The van der Waals surface area contributed by atoms with Gasteiger partial charge in [0.1, 0.15) is 0 Å². The summed E-state index contributed by atoms with van der Waals surface area (Å²) >= 11 is 0. The molecule has 0 amide bonds. The molecule has 14 heavy (non-hydrogen) atoms. The van der Waals surface area contributed by atoms with Crippen LogP contribution in [0.15, 0.2) is 23.1 Å². The maximum Gasteiger partial charge on any atom is 0.389 e. The Hall–Kier alpha value is -2.18. The number of nitrogens with zero attached hydrogens (tertiary/aromatic N) is 4. The average Bonchev–Trinajstić information content (AvgIpc) is 2.41. The molecule has 2 aromatic rings. The number of aromatic nitrogens is 3. The average molecular weight is 194 g/mol. The lowest BCUT2D eigenvalue weighted by atomic mass is 10.4. The van der Waals surface area contributed by atoms with Crippen molar-refractivity contribution in [2.24, 2.45) is 7.05 Å². The highest BCUT2D eigenvalue weighted by Crippen LogP contribution is 2.07. The smallest absolute Gasteiger partial charge is 0.275 e. The van der Waals surface area contributed by atoms with Gasteiger partial charge in [-0.25, -0.2) is 19.9 Å². The van der Waals surface area contributed by atoms with Crippen LogP contribution in [0.25, 0.3) is 11.2 Å². The van der Waals surface area contributed by atoms with Crippen LogP contribution >= 0.6 is 0 Å². The third-order valence-corrected chi connectivity index (χ3v) is 1.94. The van der Waals surface area contributed by atoms with E-state index in [-0.39, 0.29) is 5.52 Å². The highest BCUT2D eigenvalue weighted by atomic mass is 16.7. The number of fused-ring (bicyclic) bond motifs is 1. The first kappa shape index (κ1) is 8.42. The van der Waals surface area contributed by atoms with E-state index in [2.05, 4.69) is 4.98 Å². The molecule has 0 aliphatic heterocycles. The maximum atomic E-state index is 11.4. The van der Waals surface area contributed by atoms with Gasteiger partial charge in [-0.15, -0.1) is 0 Å². The monoisotopic (exact) mass is 194 g/mol. The van der Waals surface area contributed by atoms with Gasteiger partial charge in [-0.05, 0) is 16.8 Å². The zero-order chi connectivity index (χ0) is 10.3. The Balaban J connectivity index is 3.03. The van der Waals surface area contributed by atoms with Gasteiger partial charge in [-0.2, -0.15) is 0 Å². The van der Waals surface area contributed by atoms with Gasteiger partial charge in [0.25, 0.3) is 0 Å². The van der Waals surface area contributed by atoms with Crippen LogP contribution in [0.2, 0.25) is 0 Å². The van der Waals surface area contributed by atoms with Crippen LogP contribution in [0.5, 0.6) is 0 Å². The fourth-order valence-corrected chi connectivity index (χ4v) is 1.31. The molecule has 0 aliphatic carbocycles. The molecule has 0 aromatic carbocycles. The third kappa shape index (κ3) is 0.920. The van der Waals surface area contributed by atoms with Crippen molar-refractivity contribution in [3.8, 4) is 0 Å². The Bertz CT molecular complexity index is 568. The summed E-state index contributed by atoms with van der Waals surface area (Å²) in [6.45, 7) is 0. The van der Waals surface area contributed by atoms with E-state index in [0.717, 1.165) is 4.57 Å². The minimum atomic E-state index is -0.758. The quantitative estimate of drug-likeness (QED) is 0.464. The van der Waals surface area contributed by atoms with Crippen molar-refractivity contribution in [3.63, 3.8) is 0 Å². The van der Waals surface area contributed by atoms with Crippen LogP contribution in [0.3, 0.4) is 0 Å². The normalized spacial score (nSPS) is 10.6. The third-order valence-electron chi connectivity index (χ3n) is 1.94. The number of aryl methyl sites for hydroxylation is 1. The fourth-order valence-electron chi connectivity index (χ4n) is 1.31. The largest absolute Gasteiger partial charge is 0.389 e. The van der Waals surface area contributed by atoms with E-state index in [1.54, 1.807) is 6.07 Å². The first-order valence-corrected chi connectivity index (χ1v) is 3.80. The molecule has 0 aliphatic rings. The molecule has 72 valence electrons. The summed E-state index contributed by atoms with van der Waals surface area (Å²) in [7, 11) is 1.44. The minimum Gasteiger partial charge on any atom is -0.275 e. The molecule has 0 N–H and O–H groups in total. The van der Waals surface area contributed by atoms with Crippen molar-refractivity contribution >= 4 is 11.2 Å². The molecule has 2 rings (SSSR count). The molecule has 7 heteroatoms. The Morgan fingerprint density at radius 2 is 2.29 bits per heavy atom. The van der Waals surface area contributed by atoms with E-state index < -0.39 is 10.7 Å². The Kier molecular flexibility index (Phi) is 1.60. The zero-order valence-electron chi connectivity index (χ0n) is 7.25. The number of hydrogen-bond acceptors (Lipinski definition) is 4. The highest BCUT2D eigenvalue weighted by Gasteiger charge is 2.18. The van der Waals surface area contributed by atoms with Crippen molar-refractivity contribution in [1.82, 2.24) is 14.2 Å². The molecular weight excluding hydrogens is 188 g/mol. The summed E-state index contributed by atoms with van der Waals surface area (Å²) in [5.74, 6) is 0. The van der Waals surface area contributed by atoms with Gasteiger partial charge in [-0.3, -0.25) is 4.57 Å². The lowest BCUT2D eigenvalue weighted by Gasteiger charge is -1.88. The molecule has 0 bridgehead atoms. The molecular formula is C7H6N4O3. The fraction of sp³-hybridized carbons (Fsp3) is 0.143. The second kappa shape index (κ2) is 2.66. The van der Waals surface area contributed by atoms with E-state index in [0.29, 0.717) is 10.3 Å². The summed E-state index contributed by atoms with van der Waals surface area (Å²) in [5, 5.41) is 9.82. The summed E-state index contributed by atoms with van der Waals surface area (Å²) in [6.07, 6.45) is 1.48. The second-order valence-corrected chi connectivity index (χ2v) is 2.74. The maximum absolute atomic E-state index is 11.4. The molecule has 0 spiro atoms. The molecule has 2 aromatic heterocycles. The number of rotatable bonds is 1. The Labute approximate surface area is 77.3 Å². The van der Waals surface area contributed by atoms with Gasteiger partial charge in [0, 0.05) is 13.2 Å². The van der Waals surface area contributed by atoms with E-state index in [4.69, 9.17) is 0 Å². The van der Waals surface area contributed by atoms with Crippen LogP contribution in [0, 0.1) is 10.1 Å². The van der Waals surface area contributed by atoms with Crippen LogP contribution in [0.4, 0.5) is 0 Å². The summed E-state index contributed by atoms with van der Waals surface area (Å²) in [6, 6.07) is 3.02. The minimum absolute atomic E-state index is 0.199. The zero-order valence-corrected chi connectivity index (χ0v) is 7.25.